The van der Waals surface area contributed by atoms with E-state index in [-0.39, 0.29) is 29.1 Å². The molecule has 1 aromatic heterocycles. The highest BCUT2D eigenvalue weighted by molar-refractivity contribution is 7.99. The molecule has 0 saturated heterocycles. The Hall–Kier alpha value is -2.96. The van der Waals surface area contributed by atoms with Crippen LogP contribution in [0.2, 0.25) is 0 Å². The third-order valence-corrected chi connectivity index (χ3v) is 4.56. The van der Waals surface area contributed by atoms with E-state index in [1.54, 1.807) is 6.07 Å². The number of aromatic nitrogens is 2. The van der Waals surface area contributed by atoms with Gasteiger partial charge in [-0.2, -0.15) is 5.26 Å². The van der Waals surface area contributed by atoms with Crippen molar-refractivity contribution in [2.75, 3.05) is 17.7 Å². The molecule has 0 radical (unpaired) electrons. The molecule has 0 bridgehead atoms. The van der Waals surface area contributed by atoms with Gasteiger partial charge in [0.25, 0.3) is 5.91 Å². The van der Waals surface area contributed by atoms with Crippen LogP contribution in [0.15, 0.2) is 35.4 Å². The summed E-state index contributed by atoms with van der Waals surface area (Å²) in [5.41, 5.74) is 0.145. The zero-order valence-electron chi connectivity index (χ0n) is 14.4. The van der Waals surface area contributed by atoms with E-state index in [0.717, 1.165) is 25.0 Å². The number of amides is 1. The minimum atomic E-state index is -1.25. The van der Waals surface area contributed by atoms with Crippen LogP contribution in [-0.2, 0) is 0 Å². The number of carbonyl (C=O) groups is 2. The van der Waals surface area contributed by atoms with Crippen molar-refractivity contribution in [1.82, 2.24) is 10.2 Å². The summed E-state index contributed by atoms with van der Waals surface area (Å²) in [5, 5.41) is 37.9. The van der Waals surface area contributed by atoms with E-state index in [9.17, 15) is 14.7 Å². The van der Waals surface area contributed by atoms with Gasteiger partial charge in [-0.05, 0) is 48.9 Å². The molecule has 0 aliphatic carbocycles. The highest BCUT2D eigenvalue weighted by Gasteiger charge is 2.15. The molecule has 0 spiro atoms. The highest BCUT2D eigenvalue weighted by atomic mass is 32.2. The summed E-state index contributed by atoms with van der Waals surface area (Å²) in [6.45, 7) is 0.192. The summed E-state index contributed by atoms with van der Waals surface area (Å²) >= 11 is 1.51. The van der Waals surface area contributed by atoms with Gasteiger partial charge in [-0.3, -0.25) is 4.79 Å². The fourth-order valence-electron chi connectivity index (χ4n) is 2.17. The van der Waals surface area contributed by atoms with Crippen molar-refractivity contribution in [3.8, 4) is 6.07 Å². The zero-order chi connectivity index (χ0) is 19.6. The normalized spacial score (nSPS) is 10.2. The Morgan fingerprint density at radius 3 is 2.59 bits per heavy atom. The number of benzene rings is 1. The summed E-state index contributed by atoms with van der Waals surface area (Å²) < 4.78 is 0. The average Bonchev–Trinajstić information content (AvgIpc) is 2.68. The number of hydrogen-bond acceptors (Lipinski definition) is 7. The number of nitrogens with one attached hydrogen (secondary N) is 1. The minimum absolute atomic E-state index is 0.0559. The van der Waals surface area contributed by atoms with Gasteiger partial charge in [0.1, 0.15) is 5.03 Å². The molecule has 8 nitrogen and oxygen atoms in total. The van der Waals surface area contributed by atoms with Gasteiger partial charge in [0.05, 0.1) is 22.9 Å². The molecule has 0 saturated carbocycles. The highest BCUT2D eigenvalue weighted by Crippen LogP contribution is 2.19. The molecule has 27 heavy (non-hydrogen) atoms. The van der Waals surface area contributed by atoms with Gasteiger partial charge in [0, 0.05) is 6.61 Å². The molecule has 1 aromatic carbocycles. The lowest BCUT2D eigenvalue weighted by Gasteiger charge is -2.08. The van der Waals surface area contributed by atoms with Crippen molar-refractivity contribution >= 4 is 29.3 Å². The number of anilines is 1. The average molecular weight is 386 g/mol. The molecule has 0 fully saturated rings. The maximum atomic E-state index is 12.3. The molecule has 1 heterocycles. The van der Waals surface area contributed by atoms with Gasteiger partial charge >= 0.3 is 5.97 Å². The summed E-state index contributed by atoms with van der Waals surface area (Å²) in [6.07, 6.45) is 2.67. The summed E-state index contributed by atoms with van der Waals surface area (Å²) in [4.78, 5) is 23.6. The number of carbonyl (C=O) groups excluding carboxylic acids is 1. The SMILES string of the molecule is N#Cc1ccc(NC(=O)c2ccc(SCCCCCO)nn2)c(C(=O)O)c1. The van der Waals surface area contributed by atoms with Crippen LogP contribution in [0.1, 0.15) is 45.7 Å². The van der Waals surface area contributed by atoms with Crippen molar-refractivity contribution in [1.29, 1.82) is 5.26 Å². The zero-order valence-corrected chi connectivity index (χ0v) is 15.2. The van der Waals surface area contributed by atoms with E-state index in [1.807, 2.05) is 6.07 Å². The third kappa shape index (κ3) is 6.06. The quantitative estimate of drug-likeness (QED) is 0.442. The van der Waals surface area contributed by atoms with E-state index < -0.39 is 11.9 Å². The molecule has 0 unspecified atom stereocenters. The number of nitriles is 1. The Labute approximate surface area is 160 Å². The van der Waals surface area contributed by atoms with Crippen LogP contribution in [0.25, 0.3) is 0 Å². The number of carboxylic acid groups (broad SMARTS) is 1. The standard InChI is InChI=1S/C18H18N4O4S/c19-11-12-4-5-14(13(10-12)18(25)26)20-17(24)15-6-7-16(22-21-15)27-9-3-1-2-8-23/h4-7,10,23H,1-3,8-9H2,(H,20,24)(H,25,26). The van der Waals surface area contributed by atoms with E-state index in [2.05, 4.69) is 15.5 Å². The Morgan fingerprint density at radius 1 is 1.15 bits per heavy atom. The second-order valence-electron chi connectivity index (χ2n) is 5.52. The molecule has 9 heteroatoms. The predicted molar refractivity (Wildman–Crippen MR) is 99.8 cm³/mol. The molecular formula is C18H18N4O4S. The topological polar surface area (TPSA) is 136 Å². The van der Waals surface area contributed by atoms with Crippen LogP contribution < -0.4 is 5.32 Å². The van der Waals surface area contributed by atoms with Crippen LogP contribution in [0.4, 0.5) is 5.69 Å². The van der Waals surface area contributed by atoms with Crippen LogP contribution in [0, 0.1) is 11.3 Å². The molecule has 1 amide bonds. The maximum absolute atomic E-state index is 12.3. The van der Waals surface area contributed by atoms with E-state index in [4.69, 9.17) is 10.4 Å². The van der Waals surface area contributed by atoms with E-state index >= 15 is 0 Å². The number of nitrogens with zero attached hydrogens (tertiary/aromatic N) is 3. The third-order valence-electron chi connectivity index (χ3n) is 3.55. The lowest BCUT2D eigenvalue weighted by atomic mass is 10.1. The summed E-state index contributed by atoms with van der Waals surface area (Å²) in [5.74, 6) is -0.997. The largest absolute Gasteiger partial charge is 0.478 e. The first-order valence-corrected chi connectivity index (χ1v) is 9.20. The second-order valence-corrected chi connectivity index (χ2v) is 6.64. The molecule has 140 valence electrons. The van der Waals surface area contributed by atoms with Crippen molar-refractivity contribution in [2.45, 2.75) is 24.3 Å². The molecule has 3 N–H and O–H groups in total. The van der Waals surface area contributed by atoms with E-state index in [0.29, 0.717) is 5.03 Å². The van der Waals surface area contributed by atoms with Crippen molar-refractivity contribution in [2.24, 2.45) is 0 Å². The number of hydrogen-bond donors (Lipinski definition) is 3. The maximum Gasteiger partial charge on any atom is 0.337 e. The van der Waals surface area contributed by atoms with Crippen LogP contribution >= 0.6 is 11.8 Å². The summed E-state index contributed by atoms with van der Waals surface area (Å²) in [7, 11) is 0. The number of unbranched alkanes of at least 4 members (excludes halogenated alkanes) is 2. The van der Waals surface area contributed by atoms with Crippen LogP contribution in [0.5, 0.6) is 0 Å². The smallest absolute Gasteiger partial charge is 0.337 e. The molecular weight excluding hydrogens is 368 g/mol. The first-order chi connectivity index (χ1) is 13.0. The monoisotopic (exact) mass is 386 g/mol. The molecule has 2 aromatic rings. The Morgan fingerprint density at radius 2 is 1.96 bits per heavy atom. The number of carboxylic acids is 1. The molecule has 0 aliphatic rings. The number of aliphatic hydroxyl groups is 1. The predicted octanol–water partition coefficient (Wildman–Crippen LogP) is 2.55. The number of thioether (sulfide) groups is 1. The van der Waals surface area contributed by atoms with Gasteiger partial charge in [-0.1, -0.05) is 6.42 Å². The van der Waals surface area contributed by atoms with E-state index in [1.165, 1.54) is 36.0 Å². The van der Waals surface area contributed by atoms with Crippen molar-refractivity contribution < 1.29 is 19.8 Å². The lowest BCUT2D eigenvalue weighted by Crippen LogP contribution is -2.16. The van der Waals surface area contributed by atoms with Crippen LogP contribution in [0.3, 0.4) is 0 Å². The lowest BCUT2D eigenvalue weighted by molar-refractivity contribution is 0.0698. The minimum Gasteiger partial charge on any atom is -0.478 e. The van der Waals surface area contributed by atoms with Gasteiger partial charge < -0.3 is 15.5 Å². The van der Waals surface area contributed by atoms with Gasteiger partial charge in [-0.25, -0.2) is 4.79 Å². The van der Waals surface area contributed by atoms with Gasteiger partial charge in [-0.15, -0.1) is 22.0 Å². The Balaban J connectivity index is 2.00. The first kappa shape index (κ1) is 20.4. The summed E-state index contributed by atoms with van der Waals surface area (Å²) in [6, 6.07) is 9.03. The Bertz CT molecular complexity index is 849. The first-order valence-electron chi connectivity index (χ1n) is 8.21. The molecule has 0 aliphatic heterocycles. The number of aliphatic hydroxyl groups excluding tert-OH is 1. The fourth-order valence-corrected chi connectivity index (χ4v) is 2.99. The van der Waals surface area contributed by atoms with Gasteiger partial charge in [0.15, 0.2) is 5.69 Å². The van der Waals surface area contributed by atoms with Crippen molar-refractivity contribution in [3.05, 3.63) is 47.2 Å². The van der Waals surface area contributed by atoms with Gasteiger partial charge in [0.2, 0.25) is 0 Å². The Kier molecular flexibility index (Phi) is 7.73. The number of aromatic carboxylic acids is 1. The molecule has 2 rings (SSSR count). The van der Waals surface area contributed by atoms with Crippen molar-refractivity contribution in [3.63, 3.8) is 0 Å². The van der Waals surface area contributed by atoms with Crippen LogP contribution in [-0.4, -0.2) is 44.6 Å². The fraction of sp³-hybridized carbons (Fsp3) is 0.278. The number of rotatable bonds is 9. The second kappa shape index (κ2) is 10.3. The molecule has 0 atom stereocenters.